The Balaban J connectivity index is 1.56. The summed E-state index contributed by atoms with van der Waals surface area (Å²) in [5, 5.41) is 4.27. The van der Waals surface area contributed by atoms with E-state index in [9.17, 15) is 26.3 Å². The molecule has 2 N–H and O–H groups in total. The van der Waals surface area contributed by atoms with Crippen molar-refractivity contribution in [1.82, 2.24) is 10.3 Å². The summed E-state index contributed by atoms with van der Waals surface area (Å²) < 4.78 is 83.7. The van der Waals surface area contributed by atoms with Crippen LogP contribution < -0.4 is 10.1 Å². The maximum atomic E-state index is 13.0. The lowest BCUT2D eigenvalue weighted by Gasteiger charge is -2.20. The van der Waals surface area contributed by atoms with Gasteiger partial charge in [-0.25, -0.2) is 0 Å². The monoisotopic (exact) mass is 428 g/mol. The number of ether oxygens (including phenoxy) is 1. The average Bonchev–Trinajstić information content (AvgIpc) is 3.31. The van der Waals surface area contributed by atoms with Gasteiger partial charge in [-0.15, -0.1) is 0 Å². The van der Waals surface area contributed by atoms with Gasteiger partial charge in [0, 0.05) is 42.0 Å². The first-order valence-corrected chi connectivity index (χ1v) is 9.32. The quantitative estimate of drug-likeness (QED) is 0.532. The summed E-state index contributed by atoms with van der Waals surface area (Å²) >= 11 is 0. The second-order valence-electron chi connectivity index (χ2n) is 7.37. The Morgan fingerprint density at radius 1 is 0.900 bits per heavy atom. The smallest absolute Gasteiger partial charge is 0.416 e. The number of aromatic nitrogens is 1. The van der Waals surface area contributed by atoms with Crippen LogP contribution in [0.1, 0.15) is 22.6 Å². The molecule has 3 nitrogen and oxygen atoms in total. The highest BCUT2D eigenvalue weighted by Crippen LogP contribution is 2.39. The molecule has 160 valence electrons. The van der Waals surface area contributed by atoms with Gasteiger partial charge in [-0.1, -0.05) is 18.2 Å². The van der Waals surface area contributed by atoms with Gasteiger partial charge >= 0.3 is 12.4 Å². The number of H-pyrrole nitrogens is 1. The summed E-state index contributed by atoms with van der Waals surface area (Å²) in [5.41, 5.74) is -0.758. The molecule has 0 amide bonds. The van der Waals surface area contributed by atoms with Gasteiger partial charge in [0.25, 0.3) is 0 Å². The third-order valence-electron chi connectivity index (χ3n) is 5.39. The van der Waals surface area contributed by atoms with Crippen molar-refractivity contribution in [3.63, 3.8) is 0 Å². The molecule has 30 heavy (non-hydrogen) atoms. The minimum absolute atomic E-state index is 0.00419. The van der Waals surface area contributed by atoms with Crippen LogP contribution in [-0.2, 0) is 12.4 Å². The van der Waals surface area contributed by atoms with Gasteiger partial charge in [0.1, 0.15) is 5.75 Å². The van der Waals surface area contributed by atoms with Crippen LogP contribution in [0.5, 0.6) is 5.75 Å². The van der Waals surface area contributed by atoms with Crippen molar-refractivity contribution in [3.8, 4) is 5.75 Å². The number of hydrogen-bond acceptors (Lipinski definition) is 2. The van der Waals surface area contributed by atoms with Crippen LogP contribution in [0.3, 0.4) is 0 Å². The standard InChI is InChI=1S/C21H18F6N2O/c22-20(23,24)13-5-14(21(25,26)27)7-15(6-13)30-11-12-8-28-9-17(12)18-10-29-19-4-2-1-3-16(18)19/h1-7,10,12,17,28-29H,8-9,11H2/t12-,17+/m0/s1. The van der Waals surface area contributed by atoms with E-state index in [4.69, 9.17) is 4.74 Å². The Hall–Kier alpha value is -2.68. The van der Waals surface area contributed by atoms with E-state index in [1.807, 2.05) is 30.5 Å². The van der Waals surface area contributed by atoms with Crippen LogP contribution in [0.25, 0.3) is 10.9 Å². The normalized spacial score (nSPS) is 20.1. The summed E-state index contributed by atoms with van der Waals surface area (Å²) in [6, 6.07) is 9.04. The van der Waals surface area contributed by atoms with Crippen molar-refractivity contribution in [2.24, 2.45) is 5.92 Å². The minimum atomic E-state index is -4.90. The van der Waals surface area contributed by atoms with Gasteiger partial charge in [0.05, 0.1) is 17.7 Å². The molecule has 1 aromatic heterocycles. The summed E-state index contributed by atoms with van der Waals surface area (Å²) in [7, 11) is 0. The molecule has 1 aliphatic rings. The Labute approximate surface area is 168 Å². The topological polar surface area (TPSA) is 37.0 Å². The molecule has 1 saturated heterocycles. The first-order valence-electron chi connectivity index (χ1n) is 9.32. The van der Waals surface area contributed by atoms with E-state index in [1.54, 1.807) is 0 Å². The summed E-state index contributed by atoms with van der Waals surface area (Å²) in [5.74, 6) is -0.524. The molecule has 9 heteroatoms. The lowest BCUT2D eigenvalue weighted by atomic mass is 9.89. The average molecular weight is 428 g/mol. The second-order valence-corrected chi connectivity index (χ2v) is 7.37. The first kappa shape index (κ1) is 20.6. The molecule has 0 spiro atoms. The molecular formula is C21H18F6N2O. The largest absolute Gasteiger partial charge is 0.493 e. The maximum Gasteiger partial charge on any atom is 0.416 e. The van der Waals surface area contributed by atoms with Crippen LogP contribution in [0.15, 0.2) is 48.7 Å². The molecule has 2 heterocycles. The minimum Gasteiger partial charge on any atom is -0.493 e. The molecular weight excluding hydrogens is 410 g/mol. The number of para-hydroxylation sites is 1. The Morgan fingerprint density at radius 3 is 2.23 bits per heavy atom. The summed E-state index contributed by atoms with van der Waals surface area (Å²) in [4.78, 5) is 3.19. The van der Waals surface area contributed by atoms with Crippen LogP contribution in [-0.4, -0.2) is 24.7 Å². The number of hydrogen-bond donors (Lipinski definition) is 2. The molecule has 4 rings (SSSR count). The fourth-order valence-corrected chi connectivity index (χ4v) is 3.89. The molecule has 2 atom stereocenters. The Bertz CT molecular complexity index is 1010. The van der Waals surface area contributed by atoms with Crippen LogP contribution in [0, 0.1) is 5.92 Å². The molecule has 0 bridgehead atoms. The number of alkyl halides is 6. The molecule has 2 aromatic carbocycles. The fraction of sp³-hybridized carbons (Fsp3) is 0.333. The highest BCUT2D eigenvalue weighted by molar-refractivity contribution is 5.83. The number of benzene rings is 2. The zero-order valence-electron chi connectivity index (χ0n) is 15.6. The van der Waals surface area contributed by atoms with Gasteiger partial charge in [-0.3, -0.25) is 0 Å². The van der Waals surface area contributed by atoms with E-state index in [0.717, 1.165) is 16.5 Å². The van der Waals surface area contributed by atoms with Crippen LogP contribution in [0.2, 0.25) is 0 Å². The van der Waals surface area contributed by atoms with Crippen molar-refractivity contribution >= 4 is 10.9 Å². The zero-order chi connectivity index (χ0) is 21.5. The highest BCUT2D eigenvalue weighted by Gasteiger charge is 2.37. The van der Waals surface area contributed by atoms with Gasteiger partial charge in [-0.2, -0.15) is 26.3 Å². The number of aromatic amines is 1. The first-order chi connectivity index (χ1) is 14.1. The molecule has 0 unspecified atom stereocenters. The molecule has 0 aliphatic carbocycles. The molecule has 1 aliphatic heterocycles. The van der Waals surface area contributed by atoms with Gasteiger partial charge in [0.15, 0.2) is 0 Å². The lowest BCUT2D eigenvalue weighted by molar-refractivity contribution is -0.143. The van der Waals surface area contributed by atoms with Crippen molar-refractivity contribution < 1.29 is 31.1 Å². The Morgan fingerprint density at radius 2 is 1.57 bits per heavy atom. The fourth-order valence-electron chi connectivity index (χ4n) is 3.89. The van der Waals surface area contributed by atoms with E-state index in [1.165, 1.54) is 0 Å². The van der Waals surface area contributed by atoms with E-state index in [-0.39, 0.29) is 24.5 Å². The molecule has 3 aromatic rings. The van der Waals surface area contributed by atoms with Crippen molar-refractivity contribution in [2.45, 2.75) is 18.3 Å². The third kappa shape index (κ3) is 4.12. The van der Waals surface area contributed by atoms with Crippen molar-refractivity contribution in [1.29, 1.82) is 0 Å². The Kier molecular flexibility index (Phi) is 5.17. The van der Waals surface area contributed by atoms with Crippen LogP contribution in [0.4, 0.5) is 26.3 Å². The SMILES string of the molecule is FC(F)(F)c1cc(OC[C@@H]2CNC[C@H]2c2c[nH]c3ccccc23)cc(C(F)(F)F)c1. The van der Waals surface area contributed by atoms with E-state index in [2.05, 4.69) is 10.3 Å². The van der Waals surface area contributed by atoms with E-state index in [0.29, 0.717) is 25.2 Å². The summed E-state index contributed by atoms with van der Waals surface area (Å²) in [6.07, 6.45) is -7.91. The number of nitrogens with one attached hydrogen (secondary N) is 2. The van der Waals surface area contributed by atoms with Gasteiger partial charge < -0.3 is 15.0 Å². The second kappa shape index (κ2) is 7.54. The number of fused-ring (bicyclic) bond motifs is 1. The molecule has 1 fully saturated rings. The van der Waals surface area contributed by atoms with Crippen LogP contribution >= 0.6 is 0 Å². The number of rotatable bonds is 4. The third-order valence-corrected chi connectivity index (χ3v) is 5.39. The maximum absolute atomic E-state index is 13.0. The van der Waals surface area contributed by atoms with Gasteiger partial charge in [-0.05, 0) is 29.8 Å². The summed E-state index contributed by atoms with van der Waals surface area (Å²) in [6.45, 7) is 1.19. The van der Waals surface area contributed by atoms with E-state index < -0.39 is 29.2 Å². The van der Waals surface area contributed by atoms with Crippen molar-refractivity contribution in [3.05, 3.63) is 65.4 Å². The van der Waals surface area contributed by atoms with Crippen molar-refractivity contribution in [2.75, 3.05) is 19.7 Å². The predicted molar refractivity (Wildman–Crippen MR) is 99.3 cm³/mol. The number of halogens is 6. The highest BCUT2D eigenvalue weighted by atomic mass is 19.4. The predicted octanol–water partition coefficient (Wildman–Crippen LogP) is 5.59. The lowest BCUT2D eigenvalue weighted by Crippen LogP contribution is -2.20. The molecule has 0 radical (unpaired) electrons. The van der Waals surface area contributed by atoms with Gasteiger partial charge in [0.2, 0.25) is 0 Å². The van der Waals surface area contributed by atoms with E-state index >= 15 is 0 Å². The molecule has 0 saturated carbocycles. The zero-order valence-corrected chi connectivity index (χ0v) is 15.6.